The summed E-state index contributed by atoms with van der Waals surface area (Å²) in [7, 11) is 0. The number of amides is 1. The van der Waals surface area contributed by atoms with Crippen LogP contribution in [0.15, 0.2) is 54.6 Å². The Kier molecular flexibility index (Phi) is 6.20. The van der Waals surface area contributed by atoms with Crippen LogP contribution in [0.2, 0.25) is 0 Å². The van der Waals surface area contributed by atoms with Gasteiger partial charge in [0, 0.05) is 38.3 Å². The van der Waals surface area contributed by atoms with Gasteiger partial charge in [0.2, 0.25) is 0 Å². The van der Waals surface area contributed by atoms with E-state index in [1.54, 1.807) is 0 Å². The maximum Gasteiger partial charge on any atom is 0.253 e. The lowest BCUT2D eigenvalue weighted by Gasteiger charge is -2.35. The van der Waals surface area contributed by atoms with E-state index in [2.05, 4.69) is 4.90 Å². The Morgan fingerprint density at radius 2 is 1.69 bits per heavy atom. The molecule has 1 heterocycles. The number of nitrogens with zero attached hydrogens (tertiary/aromatic N) is 2. The van der Waals surface area contributed by atoms with E-state index in [1.165, 1.54) is 24.3 Å². The first-order valence-corrected chi connectivity index (χ1v) is 8.75. The number of β-amino-alcohol motifs (C(OH)–C–C–N with tert-alkyl or cyclic N) is 1. The summed E-state index contributed by atoms with van der Waals surface area (Å²) in [4.78, 5) is 16.4. The van der Waals surface area contributed by atoms with Gasteiger partial charge in [-0.25, -0.2) is 4.39 Å². The highest BCUT2D eigenvalue weighted by molar-refractivity contribution is 5.94. The zero-order valence-corrected chi connectivity index (χ0v) is 14.6. The van der Waals surface area contributed by atoms with Crippen molar-refractivity contribution in [2.75, 3.05) is 39.3 Å². The molecular weight excluding hydrogens is 335 g/mol. The lowest BCUT2D eigenvalue weighted by molar-refractivity contribution is 0.0403. The van der Waals surface area contributed by atoms with Gasteiger partial charge in [-0.3, -0.25) is 9.69 Å². The fourth-order valence-corrected chi connectivity index (χ4v) is 2.97. The topological polar surface area (TPSA) is 53.0 Å². The van der Waals surface area contributed by atoms with E-state index in [0.717, 1.165) is 0 Å². The van der Waals surface area contributed by atoms with Crippen LogP contribution in [-0.4, -0.2) is 66.2 Å². The van der Waals surface area contributed by atoms with E-state index < -0.39 is 6.10 Å². The molecule has 5 nitrogen and oxygen atoms in total. The van der Waals surface area contributed by atoms with Crippen LogP contribution in [0, 0.1) is 5.82 Å². The third-order valence-electron chi connectivity index (χ3n) is 4.41. The average Bonchev–Trinajstić information content (AvgIpc) is 2.68. The largest absolute Gasteiger partial charge is 0.491 e. The summed E-state index contributed by atoms with van der Waals surface area (Å²) in [6, 6.07) is 15.0. The van der Waals surface area contributed by atoms with Gasteiger partial charge in [0.05, 0.1) is 0 Å². The predicted octanol–water partition coefficient (Wildman–Crippen LogP) is 2.02. The standard InChI is InChI=1S/C20H23FN2O3/c21-17-6-8-19(9-7-17)26-15-18(24)14-22-10-12-23(13-11-22)20(25)16-4-2-1-3-5-16/h1-9,18,24H,10-15H2/t18-/m0/s1. The molecule has 1 fully saturated rings. The second kappa shape index (κ2) is 8.78. The molecular formula is C20H23FN2O3. The first-order chi connectivity index (χ1) is 12.6. The molecule has 2 aromatic rings. The molecule has 2 aromatic carbocycles. The number of halogens is 1. The third kappa shape index (κ3) is 5.03. The Labute approximate surface area is 152 Å². The van der Waals surface area contributed by atoms with Crippen molar-refractivity contribution in [1.29, 1.82) is 0 Å². The fraction of sp³-hybridized carbons (Fsp3) is 0.350. The van der Waals surface area contributed by atoms with Crippen LogP contribution < -0.4 is 4.74 Å². The van der Waals surface area contributed by atoms with E-state index >= 15 is 0 Å². The number of piperazine rings is 1. The van der Waals surface area contributed by atoms with Crippen molar-refractivity contribution in [3.05, 3.63) is 66.0 Å². The van der Waals surface area contributed by atoms with Crippen LogP contribution in [0.25, 0.3) is 0 Å². The minimum atomic E-state index is -0.642. The molecule has 26 heavy (non-hydrogen) atoms. The molecule has 0 aromatic heterocycles. The van der Waals surface area contributed by atoms with Crippen molar-refractivity contribution in [3.63, 3.8) is 0 Å². The van der Waals surface area contributed by atoms with E-state index in [1.807, 2.05) is 35.2 Å². The first kappa shape index (κ1) is 18.4. The maximum absolute atomic E-state index is 12.9. The monoisotopic (exact) mass is 358 g/mol. The van der Waals surface area contributed by atoms with Gasteiger partial charge in [0.15, 0.2) is 0 Å². The second-order valence-electron chi connectivity index (χ2n) is 6.38. The number of aliphatic hydroxyl groups excluding tert-OH is 1. The van der Waals surface area contributed by atoms with Gasteiger partial charge in [-0.1, -0.05) is 18.2 Å². The number of ether oxygens (including phenoxy) is 1. The number of hydrogen-bond donors (Lipinski definition) is 1. The Hall–Kier alpha value is -2.44. The molecule has 0 spiro atoms. The van der Waals surface area contributed by atoms with Gasteiger partial charge < -0.3 is 14.7 Å². The fourth-order valence-electron chi connectivity index (χ4n) is 2.97. The molecule has 1 aliphatic heterocycles. The normalized spacial score (nSPS) is 16.3. The summed E-state index contributed by atoms with van der Waals surface area (Å²) in [5.74, 6) is 0.259. The van der Waals surface area contributed by atoms with E-state index in [-0.39, 0.29) is 18.3 Å². The molecule has 3 rings (SSSR count). The van der Waals surface area contributed by atoms with Crippen LogP contribution in [0.3, 0.4) is 0 Å². The lowest BCUT2D eigenvalue weighted by Crippen LogP contribution is -2.50. The third-order valence-corrected chi connectivity index (χ3v) is 4.41. The number of aliphatic hydroxyl groups is 1. The molecule has 6 heteroatoms. The van der Waals surface area contributed by atoms with Crippen molar-refractivity contribution in [2.24, 2.45) is 0 Å². The van der Waals surface area contributed by atoms with Crippen molar-refractivity contribution in [1.82, 2.24) is 9.80 Å². The first-order valence-electron chi connectivity index (χ1n) is 8.75. The molecule has 1 N–H and O–H groups in total. The van der Waals surface area contributed by atoms with Gasteiger partial charge in [0.1, 0.15) is 24.3 Å². The predicted molar refractivity (Wildman–Crippen MR) is 96.7 cm³/mol. The highest BCUT2D eigenvalue weighted by Gasteiger charge is 2.23. The van der Waals surface area contributed by atoms with Crippen molar-refractivity contribution in [2.45, 2.75) is 6.10 Å². The highest BCUT2D eigenvalue weighted by Crippen LogP contribution is 2.12. The molecule has 0 unspecified atom stereocenters. The van der Waals surface area contributed by atoms with Crippen LogP contribution in [0.1, 0.15) is 10.4 Å². The molecule has 1 amide bonds. The summed E-state index contributed by atoms with van der Waals surface area (Å²) >= 11 is 0. The second-order valence-corrected chi connectivity index (χ2v) is 6.38. The van der Waals surface area contributed by atoms with Crippen molar-refractivity contribution < 1.29 is 19.0 Å². The van der Waals surface area contributed by atoms with Crippen molar-refractivity contribution >= 4 is 5.91 Å². The van der Waals surface area contributed by atoms with Gasteiger partial charge in [-0.15, -0.1) is 0 Å². The Bertz CT molecular complexity index is 701. The molecule has 0 bridgehead atoms. The zero-order chi connectivity index (χ0) is 18.4. The molecule has 1 aliphatic rings. The van der Waals surface area contributed by atoms with Crippen LogP contribution in [0.5, 0.6) is 5.75 Å². The summed E-state index contributed by atoms with van der Waals surface area (Å²) < 4.78 is 18.3. The average molecular weight is 358 g/mol. The molecule has 1 atom stereocenters. The molecule has 1 saturated heterocycles. The number of carbonyl (C=O) groups is 1. The quantitative estimate of drug-likeness (QED) is 0.859. The van der Waals surface area contributed by atoms with E-state index in [9.17, 15) is 14.3 Å². The molecule has 138 valence electrons. The number of carbonyl (C=O) groups excluding carboxylic acids is 1. The van der Waals surface area contributed by atoms with Gasteiger partial charge in [-0.2, -0.15) is 0 Å². The van der Waals surface area contributed by atoms with Crippen molar-refractivity contribution in [3.8, 4) is 5.75 Å². The Morgan fingerprint density at radius 3 is 2.35 bits per heavy atom. The minimum absolute atomic E-state index is 0.0467. The number of benzene rings is 2. The van der Waals surface area contributed by atoms with Crippen LogP contribution >= 0.6 is 0 Å². The minimum Gasteiger partial charge on any atom is -0.491 e. The Balaban J connectivity index is 1.40. The number of rotatable bonds is 6. The lowest BCUT2D eigenvalue weighted by atomic mass is 10.2. The number of hydrogen-bond acceptors (Lipinski definition) is 4. The van der Waals surface area contributed by atoms with E-state index in [4.69, 9.17) is 4.74 Å². The highest BCUT2D eigenvalue weighted by atomic mass is 19.1. The summed E-state index contributed by atoms with van der Waals surface area (Å²) in [5.41, 5.74) is 0.702. The summed E-state index contributed by atoms with van der Waals surface area (Å²) in [6.45, 7) is 3.33. The summed E-state index contributed by atoms with van der Waals surface area (Å²) in [6.07, 6.45) is -0.642. The molecule has 0 saturated carbocycles. The zero-order valence-electron chi connectivity index (χ0n) is 14.6. The maximum atomic E-state index is 12.9. The summed E-state index contributed by atoms with van der Waals surface area (Å²) in [5, 5.41) is 10.1. The van der Waals surface area contributed by atoms with E-state index in [0.29, 0.717) is 44.0 Å². The van der Waals surface area contributed by atoms with Gasteiger partial charge in [-0.05, 0) is 36.4 Å². The smallest absolute Gasteiger partial charge is 0.253 e. The molecule has 0 aliphatic carbocycles. The SMILES string of the molecule is O=C(c1ccccc1)N1CCN(C[C@H](O)COc2ccc(F)cc2)CC1. The Morgan fingerprint density at radius 1 is 1.04 bits per heavy atom. The van der Waals surface area contributed by atoms with Gasteiger partial charge >= 0.3 is 0 Å². The van der Waals surface area contributed by atoms with Gasteiger partial charge in [0.25, 0.3) is 5.91 Å². The van der Waals surface area contributed by atoms with Crippen LogP contribution in [-0.2, 0) is 0 Å². The molecule has 0 radical (unpaired) electrons. The van der Waals surface area contributed by atoms with Crippen LogP contribution in [0.4, 0.5) is 4.39 Å².